The van der Waals surface area contributed by atoms with Gasteiger partial charge in [-0.2, -0.15) is 4.99 Å². The van der Waals surface area contributed by atoms with Gasteiger partial charge < -0.3 is 9.30 Å². The van der Waals surface area contributed by atoms with Crippen molar-refractivity contribution in [3.05, 3.63) is 56.3 Å². The van der Waals surface area contributed by atoms with Crippen LogP contribution < -0.4 is 9.54 Å². The lowest BCUT2D eigenvalue weighted by Crippen LogP contribution is -2.19. The Hall–Kier alpha value is -2.26. The van der Waals surface area contributed by atoms with Gasteiger partial charge >= 0.3 is 0 Å². The first-order valence-corrected chi connectivity index (χ1v) is 9.65. The molecule has 3 aromatic rings. The Morgan fingerprint density at radius 1 is 1.30 bits per heavy atom. The molecule has 2 aromatic carbocycles. The molecule has 0 atom stereocenters. The number of terminal acetylenes is 1. The van der Waals surface area contributed by atoms with Crippen molar-refractivity contribution >= 4 is 50.7 Å². The zero-order valence-corrected chi connectivity index (χ0v) is 17.1. The fourth-order valence-corrected chi connectivity index (χ4v) is 4.27. The van der Waals surface area contributed by atoms with Crippen molar-refractivity contribution in [1.29, 1.82) is 0 Å². The molecular formula is C20H16Cl2N2O2S. The fourth-order valence-electron chi connectivity index (χ4n) is 2.71. The third-order valence-electron chi connectivity index (χ3n) is 3.83. The highest BCUT2D eigenvalue weighted by molar-refractivity contribution is 7.16. The first-order valence-electron chi connectivity index (χ1n) is 8.08. The Balaban J connectivity index is 1.92. The van der Waals surface area contributed by atoms with Gasteiger partial charge in [0.05, 0.1) is 21.8 Å². The molecule has 0 aliphatic heterocycles. The summed E-state index contributed by atoms with van der Waals surface area (Å²) in [6.45, 7) is 4.15. The lowest BCUT2D eigenvalue weighted by atomic mass is 10.1. The highest BCUT2D eigenvalue weighted by Crippen LogP contribution is 2.27. The molecule has 1 amide bonds. The molecule has 4 nitrogen and oxygen atoms in total. The lowest BCUT2D eigenvalue weighted by Gasteiger charge is -2.05. The second-order valence-electron chi connectivity index (χ2n) is 5.97. The van der Waals surface area contributed by atoms with Gasteiger partial charge in [-0.3, -0.25) is 4.79 Å². The predicted octanol–water partition coefficient (Wildman–Crippen LogP) is 4.77. The van der Waals surface area contributed by atoms with Crippen LogP contribution in [0.2, 0.25) is 10.0 Å². The van der Waals surface area contributed by atoms with Crippen LogP contribution in [-0.2, 0) is 11.3 Å². The van der Waals surface area contributed by atoms with Crippen molar-refractivity contribution in [2.24, 2.45) is 4.99 Å². The Morgan fingerprint density at radius 3 is 2.78 bits per heavy atom. The predicted molar refractivity (Wildman–Crippen MR) is 111 cm³/mol. The topological polar surface area (TPSA) is 43.6 Å². The molecular weight excluding hydrogens is 403 g/mol. The van der Waals surface area contributed by atoms with E-state index in [1.54, 1.807) is 18.2 Å². The molecule has 0 bridgehead atoms. The summed E-state index contributed by atoms with van der Waals surface area (Å²) >= 11 is 13.3. The number of halogens is 2. The molecule has 1 heterocycles. The fraction of sp³-hybridized carbons (Fsp3) is 0.200. The van der Waals surface area contributed by atoms with Gasteiger partial charge in [0.1, 0.15) is 5.75 Å². The van der Waals surface area contributed by atoms with Crippen LogP contribution in [0.1, 0.15) is 11.1 Å². The molecule has 0 unspecified atom stereocenters. The monoisotopic (exact) mass is 418 g/mol. The molecule has 0 spiro atoms. The zero-order valence-electron chi connectivity index (χ0n) is 14.8. The summed E-state index contributed by atoms with van der Waals surface area (Å²) < 4.78 is 8.39. The Labute approximate surface area is 171 Å². The van der Waals surface area contributed by atoms with Crippen LogP contribution in [0.5, 0.6) is 5.75 Å². The number of aromatic nitrogens is 1. The molecule has 27 heavy (non-hydrogen) atoms. The number of thiazole rings is 1. The third-order valence-corrected chi connectivity index (χ3v) is 5.59. The van der Waals surface area contributed by atoms with Crippen molar-refractivity contribution in [2.75, 3.05) is 6.61 Å². The second-order valence-corrected chi connectivity index (χ2v) is 7.80. The van der Waals surface area contributed by atoms with E-state index in [4.69, 9.17) is 34.4 Å². The number of carbonyl (C=O) groups excluding carboxylic acids is 1. The van der Waals surface area contributed by atoms with Gasteiger partial charge in [-0.25, -0.2) is 0 Å². The number of fused-ring (bicyclic) bond motifs is 1. The van der Waals surface area contributed by atoms with Crippen LogP contribution in [0, 0.1) is 26.2 Å². The summed E-state index contributed by atoms with van der Waals surface area (Å²) in [6, 6.07) is 8.95. The van der Waals surface area contributed by atoms with Crippen LogP contribution >= 0.6 is 34.5 Å². The van der Waals surface area contributed by atoms with Gasteiger partial charge in [0.25, 0.3) is 5.91 Å². The van der Waals surface area contributed by atoms with Crippen molar-refractivity contribution in [2.45, 2.75) is 20.4 Å². The SMILES string of the molecule is C#CCn1c(=NC(=O)COc2ccc(Cl)cc2Cl)sc2c(C)cc(C)cc21. The summed E-state index contributed by atoms with van der Waals surface area (Å²) in [5, 5.41) is 0.834. The lowest BCUT2D eigenvalue weighted by molar-refractivity contribution is -0.120. The molecule has 0 aliphatic carbocycles. The van der Waals surface area contributed by atoms with Crippen LogP contribution in [0.15, 0.2) is 35.3 Å². The maximum atomic E-state index is 12.3. The van der Waals surface area contributed by atoms with Gasteiger partial charge in [-0.1, -0.05) is 46.5 Å². The second kappa shape index (κ2) is 8.18. The maximum absolute atomic E-state index is 12.3. The summed E-state index contributed by atoms with van der Waals surface area (Å²) in [6.07, 6.45) is 5.51. The standard InChI is InChI=1S/C20H16Cl2N2O2S/c1-4-7-24-16-9-12(2)8-13(3)19(16)27-20(24)23-18(25)11-26-17-6-5-14(21)10-15(17)22/h1,5-6,8-10H,7,11H2,2-3H3. The van der Waals surface area contributed by atoms with Crippen molar-refractivity contribution in [1.82, 2.24) is 4.57 Å². The number of hydrogen-bond donors (Lipinski definition) is 0. The number of aryl methyl sites for hydroxylation is 2. The average molecular weight is 419 g/mol. The third kappa shape index (κ3) is 4.36. The number of benzene rings is 2. The van der Waals surface area contributed by atoms with E-state index < -0.39 is 5.91 Å². The molecule has 1 aromatic heterocycles. The molecule has 138 valence electrons. The number of nitrogens with zero attached hydrogens (tertiary/aromatic N) is 2. The minimum Gasteiger partial charge on any atom is -0.482 e. The molecule has 7 heteroatoms. The number of hydrogen-bond acceptors (Lipinski definition) is 3. The first-order chi connectivity index (χ1) is 12.9. The van der Waals surface area contributed by atoms with Gasteiger partial charge in [0.2, 0.25) is 0 Å². The van der Waals surface area contributed by atoms with Gasteiger partial charge in [-0.05, 0) is 49.2 Å². The minimum absolute atomic E-state index is 0.232. The number of ether oxygens (including phenoxy) is 1. The summed E-state index contributed by atoms with van der Waals surface area (Å²) in [7, 11) is 0. The maximum Gasteiger partial charge on any atom is 0.286 e. The van der Waals surface area contributed by atoms with E-state index in [9.17, 15) is 4.79 Å². The highest BCUT2D eigenvalue weighted by Gasteiger charge is 2.11. The number of rotatable bonds is 4. The largest absolute Gasteiger partial charge is 0.482 e. The Bertz CT molecular complexity index is 1140. The number of carbonyl (C=O) groups is 1. The number of amides is 1. The molecule has 0 saturated carbocycles. The molecule has 0 N–H and O–H groups in total. The van der Waals surface area contributed by atoms with E-state index in [-0.39, 0.29) is 6.61 Å². The first kappa shape index (κ1) is 19.5. The van der Waals surface area contributed by atoms with E-state index >= 15 is 0 Å². The van der Waals surface area contributed by atoms with E-state index in [0.717, 1.165) is 21.3 Å². The molecule has 0 saturated heterocycles. The molecule has 3 rings (SSSR count). The van der Waals surface area contributed by atoms with Gasteiger partial charge in [0.15, 0.2) is 11.4 Å². The molecule has 0 radical (unpaired) electrons. The zero-order chi connectivity index (χ0) is 19.6. The van der Waals surface area contributed by atoms with Gasteiger partial charge in [-0.15, -0.1) is 6.42 Å². The summed E-state index contributed by atoms with van der Waals surface area (Å²) in [4.78, 5) is 17.1. The van der Waals surface area contributed by atoms with E-state index in [2.05, 4.69) is 17.0 Å². The quantitative estimate of drug-likeness (QED) is 0.572. The summed E-state index contributed by atoms with van der Waals surface area (Å²) in [5.74, 6) is 2.58. The van der Waals surface area contributed by atoms with Crippen LogP contribution in [-0.4, -0.2) is 17.1 Å². The minimum atomic E-state index is -0.423. The normalized spacial score (nSPS) is 11.6. The van der Waals surface area contributed by atoms with E-state index in [1.807, 2.05) is 24.5 Å². The molecule has 0 fully saturated rings. The Morgan fingerprint density at radius 2 is 2.07 bits per heavy atom. The smallest absolute Gasteiger partial charge is 0.286 e. The van der Waals surface area contributed by atoms with Crippen molar-refractivity contribution in [3.63, 3.8) is 0 Å². The highest BCUT2D eigenvalue weighted by atomic mass is 35.5. The Kier molecular flexibility index (Phi) is 5.91. The van der Waals surface area contributed by atoms with Crippen LogP contribution in [0.25, 0.3) is 10.2 Å². The molecule has 0 aliphatic rings. The van der Waals surface area contributed by atoms with E-state index in [0.29, 0.717) is 27.1 Å². The average Bonchev–Trinajstić information content (AvgIpc) is 2.92. The van der Waals surface area contributed by atoms with Crippen LogP contribution in [0.3, 0.4) is 0 Å². The van der Waals surface area contributed by atoms with Gasteiger partial charge in [0, 0.05) is 5.02 Å². The van der Waals surface area contributed by atoms with Crippen molar-refractivity contribution in [3.8, 4) is 18.1 Å². The summed E-state index contributed by atoms with van der Waals surface area (Å²) in [5.41, 5.74) is 3.23. The van der Waals surface area contributed by atoms with E-state index in [1.165, 1.54) is 11.3 Å². The van der Waals surface area contributed by atoms with Crippen molar-refractivity contribution < 1.29 is 9.53 Å². The van der Waals surface area contributed by atoms with Crippen LogP contribution in [0.4, 0.5) is 0 Å².